The zero-order chi connectivity index (χ0) is 14.7. The minimum Gasteiger partial charge on any atom is -0.389 e. The zero-order valence-corrected chi connectivity index (χ0v) is 11.7. The molecule has 0 aromatic heterocycles. The average Bonchev–Trinajstić information content (AvgIpc) is 2.53. The second kappa shape index (κ2) is 6.09. The van der Waals surface area contributed by atoms with Gasteiger partial charge in [-0.25, -0.2) is 4.39 Å². The highest BCUT2D eigenvalue weighted by Gasteiger charge is 2.24. The Morgan fingerprint density at radius 3 is 2.35 bits per heavy atom. The van der Waals surface area contributed by atoms with E-state index in [1.54, 1.807) is 6.07 Å². The molecule has 0 saturated carbocycles. The van der Waals surface area contributed by atoms with E-state index >= 15 is 0 Å². The van der Waals surface area contributed by atoms with E-state index in [0.29, 0.717) is 36.8 Å². The highest BCUT2D eigenvalue weighted by atomic mass is 32.1. The quantitative estimate of drug-likeness (QED) is 0.683. The molecule has 0 unspecified atom stereocenters. The molecule has 1 aliphatic rings. The third kappa shape index (κ3) is 3.39. The Kier molecular flexibility index (Phi) is 4.44. The third-order valence-corrected chi connectivity index (χ3v) is 3.45. The Labute approximate surface area is 121 Å². The molecule has 2 amide bonds. The van der Waals surface area contributed by atoms with Gasteiger partial charge in [0.05, 0.1) is 6.54 Å². The molecule has 1 fully saturated rings. The second-order valence-electron chi connectivity index (χ2n) is 4.79. The van der Waals surface area contributed by atoms with Crippen molar-refractivity contribution in [2.24, 2.45) is 5.73 Å². The van der Waals surface area contributed by atoms with E-state index in [-0.39, 0.29) is 23.3 Å². The van der Waals surface area contributed by atoms with Gasteiger partial charge in [0, 0.05) is 18.4 Å². The maximum Gasteiger partial charge on any atom is 0.229 e. The molecule has 1 aliphatic heterocycles. The standard InChI is InChI=1S/C14H15FN2O2S/c15-11-6-9(5-10(7-11)14(16)20)8-17-12(18)3-1-2-4-13(17)19/h5-7H,1-4,8H2,(H2,16,20). The molecule has 4 nitrogen and oxygen atoms in total. The van der Waals surface area contributed by atoms with Crippen LogP contribution in [-0.4, -0.2) is 21.7 Å². The van der Waals surface area contributed by atoms with E-state index in [9.17, 15) is 14.0 Å². The predicted octanol–water partition coefficient (Wildman–Crippen LogP) is 1.89. The summed E-state index contributed by atoms with van der Waals surface area (Å²) in [5.41, 5.74) is 6.39. The Morgan fingerprint density at radius 2 is 1.80 bits per heavy atom. The lowest BCUT2D eigenvalue weighted by atomic mass is 10.1. The molecule has 2 rings (SSSR count). The van der Waals surface area contributed by atoms with Crippen LogP contribution in [0.4, 0.5) is 4.39 Å². The van der Waals surface area contributed by atoms with Crippen LogP contribution in [0.1, 0.15) is 36.8 Å². The number of benzene rings is 1. The Bertz CT molecular complexity index is 556. The van der Waals surface area contributed by atoms with Crippen LogP contribution in [0.25, 0.3) is 0 Å². The highest BCUT2D eigenvalue weighted by molar-refractivity contribution is 7.80. The smallest absolute Gasteiger partial charge is 0.229 e. The lowest BCUT2D eigenvalue weighted by Crippen LogP contribution is -2.34. The number of hydrogen-bond donors (Lipinski definition) is 1. The first-order valence-electron chi connectivity index (χ1n) is 6.40. The summed E-state index contributed by atoms with van der Waals surface area (Å²) in [6.07, 6.45) is 2.12. The molecule has 0 aliphatic carbocycles. The summed E-state index contributed by atoms with van der Waals surface area (Å²) in [5, 5.41) is 0. The van der Waals surface area contributed by atoms with Crippen LogP contribution in [0.2, 0.25) is 0 Å². The van der Waals surface area contributed by atoms with E-state index in [1.807, 2.05) is 0 Å². The zero-order valence-electron chi connectivity index (χ0n) is 10.9. The molecule has 6 heteroatoms. The molecule has 0 bridgehead atoms. The number of likely N-dealkylation sites (tertiary alicyclic amines) is 1. The van der Waals surface area contributed by atoms with Crippen molar-refractivity contribution in [2.45, 2.75) is 32.2 Å². The van der Waals surface area contributed by atoms with Crippen LogP contribution < -0.4 is 5.73 Å². The van der Waals surface area contributed by atoms with E-state index < -0.39 is 5.82 Å². The van der Waals surface area contributed by atoms with Crippen molar-refractivity contribution in [3.8, 4) is 0 Å². The molecule has 2 N–H and O–H groups in total. The van der Waals surface area contributed by atoms with Gasteiger partial charge in [-0.2, -0.15) is 0 Å². The summed E-state index contributed by atoms with van der Waals surface area (Å²) in [7, 11) is 0. The molecular weight excluding hydrogens is 279 g/mol. The van der Waals surface area contributed by atoms with Crippen LogP contribution in [-0.2, 0) is 16.1 Å². The van der Waals surface area contributed by atoms with Gasteiger partial charge < -0.3 is 5.73 Å². The summed E-state index contributed by atoms with van der Waals surface area (Å²) in [6, 6.07) is 4.13. The molecule has 106 valence electrons. The lowest BCUT2D eigenvalue weighted by molar-refractivity contribution is -0.144. The number of thiocarbonyl (C=S) groups is 1. The van der Waals surface area contributed by atoms with E-state index in [0.717, 1.165) is 0 Å². The van der Waals surface area contributed by atoms with Gasteiger partial charge in [0.15, 0.2) is 0 Å². The third-order valence-electron chi connectivity index (χ3n) is 3.22. The summed E-state index contributed by atoms with van der Waals surface area (Å²) in [4.78, 5) is 25.1. The van der Waals surface area contributed by atoms with Crippen molar-refractivity contribution < 1.29 is 14.0 Å². The van der Waals surface area contributed by atoms with Gasteiger partial charge in [-0.05, 0) is 36.6 Å². The molecule has 0 atom stereocenters. The van der Waals surface area contributed by atoms with E-state index in [4.69, 9.17) is 18.0 Å². The molecule has 0 spiro atoms. The minimum atomic E-state index is -0.486. The summed E-state index contributed by atoms with van der Waals surface area (Å²) >= 11 is 4.82. The summed E-state index contributed by atoms with van der Waals surface area (Å²) < 4.78 is 13.5. The Balaban J connectivity index is 2.25. The topological polar surface area (TPSA) is 63.4 Å². The molecule has 1 aromatic carbocycles. The molecular formula is C14H15FN2O2S. The molecule has 20 heavy (non-hydrogen) atoms. The fourth-order valence-electron chi connectivity index (χ4n) is 2.20. The summed E-state index contributed by atoms with van der Waals surface area (Å²) in [6.45, 7) is 0.0606. The largest absolute Gasteiger partial charge is 0.389 e. The van der Waals surface area contributed by atoms with Crippen molar-refractivity contribution in [1.29, 1.82) is 0 Å². The fraction of sp³-hybridized carbons (Fsp3) is 0.357. The van der Waals surface area contributed by atoms with Gasteiger partial charge in [0.2, 0.25) is 11.8 Å². The van der Waals surface area contributed by atoms with Crippen LogP contribution in [0.3, 0.4) is 0 Å². The van der Waals surface area contributed by atoms with Crippen LogP contribution in [0.15, 0.2) is 18.2 Å². The van der Waals surface area contributed by atoms with E-state index in [1.165, 1.54) is 17.0 Å². The van der Waals surface area contributed by atoms with Crippen molar-refractivity contribution in [3.63, 3.8) is 0 Å². The molecule has 1 heterocycles. The molecule has 1 saturated heterocycles. The maximum absolute atomic E-state index is 13.5. The van der Waals surface area contributed by atoms with Gasteiger partial charge in [-0.3, -0.25) is 14.5 Å². The van der Waals surface area contributed by atoms with E-state index in [2.05, 4.69) is 0 Å². The first-order valence-corrected chi connectivity index (χ1v) is 6.80. The number of nitrogens with zero attached hydrogens (tertiary/aromatic N) is 1. The van der Waals surface area contributed by atoms with Crippen LogP contribution in [0, 0.1) is 5.82 Å². The highest BCUT2D eigenvalue weighted by Crippen LogP contribution is 2.17. The summed E-state index contributed by atoms with van der Waals surface area (Å²) in [5.74, 6) is -0.915. The van der Waals surface area contributed by atoms with Gasteiger partial charge in [0.1, 0.15) is 10.8 Å². The number of nitrogens with two attached hydrogens (primary N) is 1. The molecule has 0 radical (unpaired) electrons. The van der Waals surface area contributed by atoms with Crippen molar-refractivity contribution in [3.05, 3.63) is 35.1 Å². The van der Waals surface area contributed by atoms with Gasteiger partial charge >= 0.3 is 0 Å². The first kappa shape index (κ1) is 14.6. The monoisotopic (exact) mass is 294 g/mol. The number of carbonyl (C=O) groups excluding carboxylic acids is 2. The van der Waals surface area contributed by atoms with Crippen LogP contribution in [0.5, 0.6) is 0 Å². The number of halogens is 1. The number of rotatable bonds is 3. The maximum atomic E-state index is 13.5. The fourth-order valence-corrected chi connectivity index (χ4v) is 2.32. The average molecular weight is 294 g/mol. The second-order valence-corrected chi connectivity index (χ2v) is 5.23. The Morgan fingerprint density at radius 1 is 1.20 bits per heavy atom. The predicted molar refractivity (Wildman–Crippen MR) is 76.3 cm³/mol. The first-order chi connectivity index (χ1) is 9.47. The van der Waals surface area contributed by atoms with Crippen molar-refractivity contribution in [2.75, 3.05) is 0 Å². The lowest BCUT2D eigenvalue weighted by Gasteiger charge is -2.19. The molecule has 1 aromatic rings. The number of carbonyl (C=O) groups is 2. The van der Waals surface area contributed by atoms with Gasteiger partial charge in [-0.15, -0.1) is 0 Å². The van der Waals surface area contributed by atoms with Crippen LogP contribution >= 0.6 is 12.2 Å². The van der Waals surface area contributed by atoms with Crippen molar-refractivity contribution in [1.82, 2.24) is 4.90 Å². The minimum absolute atomic E-state index is 0.0606. The number of hydrogen-bond acceptors (Lipinski definition) is 3. The number of imide groups is 1. The SMILES string of the molecule is NC(=S)c1cc(F)cc(CN2C(=O)CCCCC2=O)c1. The normalized spacial score (nSPS) is 16.1. The van der Waals surface area contributed by atoms with Gasteiger partial charge in [-0.1, -0.05) is 12.2 Å². The van der Waals surface area contributed by atoms with Gasteiger partial charge in [0.25, 0.3) is 0 Å². The number of amides is 2. The Hall–Kier alpha value is -1.82. The van der Waals surface area contributed by atoms with Crippen molar-refractivity contribution >= 4 is 29.0 Å².